The molecule has 1 amide bonds. The molecule has 0 aliphatic heterocycles. The molecule has 0 atom stereocenters. The number of carbonyl (C=O) groups excluding carboxylic acids is 1. The van der Waals surface area contributed by atoms with Gasteiger partial charge in [0.1, 0.15) is 12.4 Å². The van der Waals surface area contributed by atoms with Gasteiger partial charge in [-0.3, -0.25) is 4.90 Å². The number of phenolic OH excluding ortho intramolecular Hbond substituents is 1. The Labute approximate surface area is 142 Å². The Bertz CT molecular complexity index is 648. The molecule has 126 valence electrons. The van der Waals surface area contributed by atoms with Gasteiger partial charge in [-0.2, -0.15) is 0 Å². The van der Waals surface area contributed by atoms with Crippen molar-refractivity contribution in [3.05, 3.63) is 60.2 Å². The lowest BCUT2D eigenvalue weighted by atomic mass is 9.94. The summed E-state index contributed by atoms with van der Waals surface area (Å²) in [5.74, 6) is 0.194. The maximum atomic E-state index is 12.7. The smallest absolute Gasteiger partial charge is 0.414 e. The maximum Gasteiger partial charge on any atom is 0.414 e. The van der Waals surface area contributed by atoms with Crippen molar-refractivity contribution in [2.75, 3.05) is 4.90 Å². The van der Waals surface area contributed by atoms with E-state index in [2.05, 4.69) is 0 Å². The first-order chi connectivity index (χ1) is 11.7. The van der Waals surface area contributed by atoms with Crippen LogP contribution < -0.4 is 4.90 Å². The van der Waals surface area contributed by atoms with Crippen LogP contribution in [-0.2, 0) is 11.3 Å². The summed E-state index contributed by atoms with van der Waals surface area (Å²) in [6.45, 7) is 0.265. The molecule has 3 rings (SSSR count). The van der Waals surface area contributed by atoms with Crippen LogP contribution in [0.5, 0.6) is 5.75 Å². The summed E-state index contributed by atoms with van der Waals surface area (Å²) >= 11 is 0. The zero-order valence-corrected chi connectivity index (χ0v) is 13.7. The summed E-state index contributed by atoms with van der Waals surface area (Å²) in [5, 5.41) is 9.50. The van der Waals surface area contributed by atoms with E-state index in [1.807, 2.05) is 30.3 Å². The molecule has 0 radical (unpaired) electrons. The second kappa shape index (κ2) is 7.86. The fourth-order valence-corrected chi connectivity index (χ4v) is 3.21. The second-order valence-electron chi connectivity index (χ2n) is 6.22. The normalized spacial score (nSPS) is 15.0. The average molecular weight is 325 g/mol. The fraction of sp³-hybridized carbons (Fsp3) is 0.350. The Morgan fingerprint density at radius 1 is 1.00 bits per heavy atom. The van der Waals surface area contributed by atoms with Crippen molar-refractivity contribution >= 4 is 11.8 Å². The first-order valence-corrected chi connectivity index (χ1v) is 8.53. The number of anilines is 1. The van der Waals surface area contributed by atoms with Gasteiger partial charge in [0.2, 0.25) is 0 Å². The van der Waals surface area contributed by atoms with Crippen molar-refractivity contribution in [1.82, 2.24) is 0 Å². The molecular formula is C20H23NO3. The molecule has 1 fully saturated rings. The van der Waals surface area contributed by atoms with Crippen LogP contribution in [0.4, 0.5) is 10.5 Å². The van der Waals surface area contributed by atoms with Crippen LogP contribution in [0, 0.1) is 0 Å². The Kier molecular flexibility index (Phi) is 5.36. The SMILES string of the molecule is O=C(OCc1ccccc1)N(c1ccc(O)cc1)C1CCCCC1. The minimum Gasteiger partial charge on any atom is -0.508 e. The van der Waals surface area contributed by atoms with E-state index in [0.717, 1.165) is 36.9 Å². The predicted molar refractivity (Wildman–Crippen MR) is 94.1 cm³/mol. The Morgan fingerprint density at radius 3 is 2.33 bits per heavy atom. The van der Waals surface area contributed by atoms with E-state index >= 15 is 0 Å². The number of rotatable bonds is 4. The van der Waals surface area contributed by atoms with Crippen LogP contribution in [-0.4, -0.2) is 17.2 Å². The number of aromatic hydroxyl groups is 1. The number of phenols is 1. The van der Waals surface area contributed by atoms with Gasteiger partial charge in [0.25, 0.3) is 0 Å². The lowest BCUT2D eigenvalue weighted by Crippen LogP contribution is -2.42. The van der Waals surface area contributed by atoms with E-state index in [1.54, 1.807) is 29.2 Å². The summed E-state index contributed by atoms with van der Waals surface area (Å²) < 4.78 is 5.55. The van der Waals surface area contributed by atoms with Crippen LogP contribution >= 0.6 is 0 Å². The van der Waals surface area contributed by atoms with E-state index in [1.165, 1.54) is 6.42 Å². The van der Waals surface area contributed by atoms with Crippen LogP contribution in [0.1, 0.15) is 37.7 Å². The van der Waals surface area contributed by atoms with Crippen molar-refractivity contribution in [3.63, 3.8) is 0 Å². The third-order valence-electron chi connectivity index (χ3n) is 4.47. The van der Waals surface area contributed by atoms with Gasteiger partial charge in [-0.1, -0.05) is 49.6 Å². The summed E-state index contributed by atoms with van der Waals surface area (Å²) in [6.07, 6.45) is 5.13. The summed E-state index contributed by atoms with van der Waals surface area (Å²) in [4.78, 5) is 14.5. The highest BCUT2D eigenvalue weighted by Crippen LogP contribution is 2.29. The van der Waals surface area contributed by atoms with Crippen LogP contribution in [0.15, 0.2) is 54.6 Å². The molecule has 0 spiro atoms. The first-order valence-electron chi connectivity index (χ1n) is 8.53. The largest absolute Gasteiger partial charge is 0.508 e. The van der Waals surface area contributed by atoms with Gasteiger partial charge >= 0.3 is 6.09 Å². The monoisotopic (exact) mass is 325 g/mol. The van der Waals surface area contributed by atoms with E-state index < -0.39 is 0 Å². The highest BCUT2D eigenvalue weighted by molar-refractivity contribution is 5.88. The summed E-state index contributed by atoms with van der Waals surface area (Å²) in [5.41, 5.74) is 1.75. The Balaban J connectivity index is 1.75. The minimum absolute atomic E-state index is 0.159. The number of nitrogens with zero attached hydrogens (tertiary/aromatic N) is 1. The highest BCUT2D eigenvalue weighted by Gasteiger charge is 2.28. The number of amides is 1. The molecule has 2 aromatic rings. The van der Waals surface area contributed by atoms with Crippen molar-refractivity contribution < 1.29 is 14.6 Å². The molecule has 1 saturated carbocycles. The molecule has 1 aliphatic carbocycles. The van der Waals surface area contributed by atoms with Gasteiger partial charge in [0.15, 0.2) is 0 Å². The van der Waals surface area contributed by atoms with Gasteiger partial charge < -0.3 is 9.84 Å². The minimum atomic E-state index is -0.323. The molecule has 4 nitrogen and oxygen atoms in total. The van der Waals surface area contributed by atoms with Gasteiger partial charge in [-0.15, -0.1) is 0 Å². The number of benzene rings is 2. The molecule has 24 heavy (non-hydrogen) atoms. The van der Waals surface area contributed by atoms with E-state index in [4.69, 9.17) is 4.74 Å². The number of ether oxygens (including phenoxy) is 1. The predicted octanol–water partition coefficient (Wildman–Crippen LogP) is 4.87. The topological polar surface area (TPSA) is 49.8 Å². The molecule has 1 N–H and O–H groups in total. The van der Waals surface area contributed by atoms with Crippen molar-refractivity contribution in [2.45, 2.75) is 44.8 Å². The molecule has 0 aromatic heterocycles. The fourth-order valence-electron chi connectivity index (χ4n) is 3.21. The summed E-state index contributed by atoms with van der Waals surface area (Å²) in [7, 11) is 0. The maximum absolute atomic E-state index is 12.7. The third-order valence-corrected chi connectivity index (χ3v) is 4.47. The Hall–Kier alpha value is -2.49. The molecule has 2 aromatic carbocycles. The second-order valence-corrected chi connectivity index (χ2v) is 6.22. The highest BCUT2D eigenvalue weighted by atomic mass is 16.6. The van der Waals surface area contributed by atoms with Gasteiger partial charge in [-0.05, 0) is 42.7 Å². The molecule has 0 bridgehead atoms. The summed E-state index contributed by atoms with van der Waals surface area (Å²) in [6, 6.07) is 16.6. The zero-order valence-electron chi connectivity index (χ0n) is 13.7. The van der Waals surface area contributed by atoms with Crippen molar-refractivity contribution in [2.24, 2.45) is 0 Å². The number of carbonyl (C=O) groups is 1. The molecule has 4 heteroatoms. The standard InChI is InChI=1S/C20H23NO3/c22-19-13-11-18(12-14-19)21(17-9-5-2-6-10-17)20(23)24-15-16-7-3-1-4-8-16/h1,3-4,7-8,11-14,17,22H,2,5-6,9-10,15H2. The van der Waals surface area contributed by atoms with E-state index in [-0.39, 0.29) is 24.5 Å². The van der Waals surface area contributed by atoms with E-state index in [9.17, 15) is 9.90 Å². The molecule has 0 heterocycles. The van der Waals surface area contributed by atoms with Crippen molar-refractivity contribution in [1.29, 1.82) is 0 Å². The molecule has 0 unspecified atom stereocenters. The Morgan fingerprint density at radius 2 is 1.67 bits per heavy atom. The quantitative estimate of drug-likeness (QED) is 0.872. The molecule has 0 saturated heterocycles. The first kappa shape index (κ1) is 16.4. The third kappa shape index (κ3) is 4.07. The van der Waals surface area contributed by atoms with Gasteiger partial charge in [0.05, 0.1) is 0 Å². The van der Waals surface area contributed by atoms with Gasteiger partial charge in [-0.25, -0.2) is 4.79 Å². The van der Waals surface area contributed by atoms with Crippen LogP contribution in [0.25, 0.3) is 0 Å². The van der Waals surface area contributed by atoms with Crippen LogP contribution in [0.3, 0.4) is 0 Å². The lowest BCUT2D eigenvalue weighted by Gasteiger charge is -2.33. The van der Waals surface area contributed by atoms with Crippen molar-refractivity contribution in [3.8, 4) is 5.75 Å². The molecular weight excluding hydrogens is 302 g/mol. The lowest BCUT2D eigenvalue weighted by molar-refractivity contribution is 0.142. The van der Waals surface area contributed by atoms with Gasteiger partial charge in [0, 0.05) is 11.7 Å². The van der Waals surface area contributed by atoms with Crippen LogP contribution in [0.2, 0.25) is 0 Å². The zero-order chi connectivity index (χ0) is 16.8. The number of hydrogen-bond donors (Lipinski definition) is 1. The average Bonchev–Trinajstić information content (AvgIpc) is 2.64. The number of hydrogen-bond acceptors (Lipinski definition) is 3. The molecule has 1 aliphatic rings. The van der Waals surface area contributed by atoms with E-state index in [0.29, 0.717) is 0 Å².